The Kier molecular flexibility index (Phi) is 2.17. The van der Waals surface area contributed by atoms with Gasteiger partial charge in [0.2, 0.25) is 0 Å². The minimum Gasteiger partial charge on any atom is -0.265 e. The van der Waals surface area contributed by atoms with E-state index in [2.05, 4.69) is 33.0 Å². The van der Waals surface area contributed by atoms with Crippen LogP contribution in [0.15, 0.2) is 24.5 Å². The molecule has 2 bridgehead atoms. The Balaban J connectivity index is 1.94. The SMILES string of the molecule is BrC12CCC(c3ccncc3)(CC1)CC2. The van der Waals surface area contributed by atoms with Crippen molar-refractivity contribution in [1.29, 1.82) is 0 Å². The van der Waals surface area contributed by atoms with E-state index in [9.17, 15) is 0 Å². The molecular formula is C13H16BrN. The zero-order valence-corrected chi connectivity index (χ0v) is 10.5. The van der Waals surface area contributed by atoms with Crippen molar-refractivity contribution in [3.05, 3.63) is 30.1 Å². The van der Waals surface area contributed by atoms with Crippen molar-refractivity contribution in [1.82, 2.24) is 4.98 Å². The van der Waals surface area contributed by atoms with Crippen molar-refractivity contribution in [2.75, 3.05) is 0 Å². The summed E-state index contributed by atoms with van der Waals surface area (Å²) >= 11 is 3.92. The largest absolute Gasteiger partial charge is 0.265 e. The van der Waals surface area contributed by atoms with Crippen LogP contribution < -0.4 is 0 Å². The van der Waals surface area contributed by atoms with Crippen LogP contribution in [0.2, 0.25) is 0 Å². The van der Waals surface area contributed by atoms with Gasteiger partial charge in [0.15, 0.2) is 0 Å². The highest BCUT2D eigenvalue weighted by molar-refractivity contribution is 9.10. The van der Waals surface area contributed by atoms with E-state index in [1.54, 1.807) is 0 Å². The number of alkyl halides is 1. The molecule has 0 amide bonds. The zero-order valence-electron chi connectivity index (χ0n) is 8.88. The van der Waals surface area contributed by atoms with Crippen LogP contribution in [0.1, 0.15) is 44.1 Å². The van der Waals surface area contributed by atoms with Crippen LogP contribution in [-0.4, -0.2) is 9.31 Å². The number of aromatic nitrogens is 1. The van der Waals surface area contributed by atoms with Crippen molar-refractivity contribution in [3.8, 4) is 0 Å². The first-order valence-corrected chi connectivity index (χ1v) is 6.61. The summed E-state index contributed by atoms with van der Waals surface area (Å²) < 4.78 is 0.488. The van der Waals surface area contributed by atoms with Crippen molar-refractivity contribution < 1.29 is 0 Å². The molecule has 0 spiro atoms. The number of hydrogen-bond donors (Lipinski definition) is 0. The maximum Gasteiger partial charge on any atom is 0.0270 e. The summed E-state index contributed by atoms with van der Waals surface area (Å²) in [5.74, 6) is 0. The van der Waals surface area contributed by atoms with Gasteiger partial charge in [-0.1, -0.05) is 15.9 Å². The Hall–Kier alpha value is -0.370. The van der Waals surface area contributed by atoms with Gasteiger partial charge in [0, 0.05) is 16.7 Å². The lowest BCUT2D eigenvalue weighted by molar-refractivity contribution is 0.162. The van der Waals surface area contributed by atoms with Crippen LogP contribution in [0.3, 0.4) is 0 Å². The van der Waals surface area contributed by atoms with Crippen LogP contribution in [0.5, 0.6) is 0 Å². The van der Waals surface area contributed by atoms with Gasteiger partial charge in [0.05, 0.1) is 0 Å². The van der Waals surface area contributed by atoms with E-state index < -0.39 is 0 Å². The van der Waals surface area contributed by atoms with Crippen LogP contribution in [0, 0.1) is 0 Å². The Morgan fingerprint density at radius 1 is 0.933 bits per heavy atom. The first-order valence-electron chi connectivity index (χ1n) is 5.82. The minimum absolute atomic E-state index is 0.485. The first-order chi connectivity index (χ1) is 7.23. The predicted octanol–water partition coefficient (Wildman–Crippen LogP) is 3.82. The average molecular weight is 266 g/mol. The molecule has 0 unspecified atom stereocenters. The molecule has 3 fully saturated rings. The fraction of sp³-hybridized carbons (Fsp3) is 0.615. The molecule has 0 radical (unpaired) electrons. The third kappa shape index (κ3) is 1.54. The lowest BCUT2D eigenvalue weighted by Crippen LogP contribution is -2.44. The first kappa shape index (κ1) is 9.83. The van der Waals surface area contributed by atoms with Crippen LogP contribution in [-0.2, 0) is 5.41 Å². The Bertz CT molecular complexity index is 336. The summed E-state index contributed by atoms with van der Waals surface area (Å²) in [5, 5.41) is 0. The summed E-state index contributed by atoms with van der Waals surface area (Å²) in [6.45, 7) is 0. The minimum atomic E-state index is 0.485. The highest BCUT2D eigenvalue weighted by Crippen LogP contribution is 2.56. The Morgan fingerprint density at radius 3 is 2.00 bits per heavy atom. The molecule has 1 aromatic rings. The number of hydrogen-bond acceptors (Lipinski definition) is 1. The maximum atomic E-state index is 4.12. The molecule has 1 heterocycles. The molecule has 3 saturated carbocycles. The molecule has 0 aliphatic heterocycles. The molecule has 2 heteroatoms. The fourth-order valence-electron chi connectivity index (χ4n) is 3.28. The van der Waals surface area contributed by atoms with E-state index in [-0.39, 0.29) is 0 Å². The van der Waals surface area contributed by atoms with Crippen LogP contribution in [0.25, 0.3) is 0 Å². The monoisotopic (exact) mass is 265 g/mol. The van der Waals surface area contributed by atoms with Gasteiger partial charge in [-0.3, -0.25) is 4.98 Å². The summed E-state index contributed by atoms with van der Waals surface area (Å²) in [7, 11) is 0. The van der Waals surface area contributed by atoms with E-state index in [1.807, 2.05) is 12.4 Å². The van der Waals surface area contributed by atoms with Crippen LogP contribution >= 0.6 is 15.9 Å². The second kappa shape index (κ2) is 3.31. The van der Waals surface area contributed by atoms with Gasteiger partial charge < -0.3 is 0 Å². The molecular weight excluding hydrogens is 250 g/mol. The zero-order chi connectivity index (χ0) is 10.4. The summed E-state index contributed by atoms with van der Waals surface area (Å²) in [6, 6.07) is 4.43. The van der Waals surface area contributed by atoms with E-state index in [0.717, 1.165) is 0 Å². The second-order valence-electron chi connectivity index (χ2n) is 5.17. The van der Waals surface area contributed by atoms with Gasteiger partial charge in [0.25, 0.3) is 0 Å². The van der Waals surface area contributed by atoms with E-state index in [0.29, 0.717) is 9.74 Å². The Labute approximate surface area is 99.4 Å². The molecule has 80 valence electrons. The molecule has 0 saturated heterocycles. The molecule has 4 rings (SSSR count). The molecule has 1 nitrogen and oxygen atoms in total. The lowest BCUT2D eigenvalue weighted by atomic mass is 9.58. The smallest absolute Gasteiger partial charge is 0.0270 e. The van der Waals surface area contributed by atoms with Gasteiger partial charge in [-0.2, -0.15) is 0 Å². The standard InChI is InChI=1S/C13H16BrN/c14-13-6-3-12(4-7-13,5-8-13)11-1-9-15-10-2-11/h1-2,9-10H,3-8H2. The highest BCUT2D eigenvalue weighted by Gasteiger charge is 2.47. The highest BCUT2D eigenvalue weighted by atomic mass is 79.9. The lowest BCUT2D eigenvalue weighted by Gasteiger charge is -2.51. The summed E-state index contributed by atoms with van der Waals surface area (Å²) in [4.78, 5) is 4.12. The average Bonchev–Trinajstić information content (AvgIpc) is 2.32. The number of fused-ring (bicyclic) bond motifs is 3. The van der Waals surface area contributed by atoms with Gasteiger partial charge in [-0.05, 0) is 61.6 Å². The topological polar surface area (TPSA) is 12.9 Å². The third-order valence-electron chi connectivity index (χ3n) is 4.45. The summed E-state index contributed by atoms with van der Waals surface area (Å²) in [5.41, 5.74) is 2.00. The maximum absolute atomic E-state index is 4.12. The fourth-order valence-corrected chi connectivity index (χ4v) is 3.87. The van der Waals surface area contributed by atoms with Crippen molar-refractivity contribution >= 4 is 15.9 Å². The summed E-state index contributed by atoms with van der Waals surface area (Å²) in [6.07, 6.45) is 12.0. The van der Waals surface area contributed by atoms with Crippen molar-refractivity contribution in [2.45, 2.75) is 48.3 Å². The van der Waals surface area contributed by atoms with Crippen molar-refractivity contribution in [2.24, 2.45) is 0 Å². The van der Waals surface area contributed by atoms with Crippen molar-refractivity contribution in [3.63, 3.8) is 0 Å². The van der Waals surface area contributed by atoms with Gasteiger partial charge in [-0.15, -0.1) is 0 Å². The quantitative estimate of drug-likeness (QED) is 0.704. The number of halogens is 1. The molecule has 15 heavy (non-hydrogen) atoms. The third-order valence-corrected chi connectivity index (χ3v) is 5.64. The van der Waals surface area contributed by atoms with Gasteiger partial charge in [0.1, 0.15) is 0 Å². The molecule has 0 atom stereocenters. The van der Waals surface area contributed by atoms with E-state index >= 15 is 0 Å². The molecule has 1 aromatic heterocycles. The van der Waals surface area contributed by atoms with Gasteiger partial charge >= 0.3 is 0 Å². The van der Waals surface area contributed by atoms with E-state index in [1.165, 1.54) is 44.1 Å². The predicted molar refractivity (Wildman–Crippen MR) is 65.3 cm³/mol. The van der Waals surface area contributed by atoms with E-state index in [4.69, 9.17) is 0 Å². The number of pyridine rings is 1. The molecule has 3 aliphatic rings. The van der Waals surface area contributed by atoms with Gasteiger partial charge in [-0.25, -0.2) is 0 Å². The van der Waals surface area contributed by atoms with Crippen LogP contribution in [0.4, 0.5) is 0 Å². The normalized spacial score (nSPS) is 39.3. The molecule has 3 aliphatic carbocycles. The second-order valence-corrected chi connectivity index (χ2v) is 6.85. The Morgan fingerprint density at radius 2 is 1.47 bits per heavy atom. The number of nitrogens with zero attached hydrogens (tertiary/aromatic N) is 1. The molecule has 0 aromatic carbocycles. The molecule has 0 N–H and O–H groups in total. The number of rotatable bonds is 1.